The molecule has 0 saturated heterocycles. The molecule has 3 heteroatoms. The van der Waals surface area contributed by atoms with E-state index in [0.717, 1.165) is 17.0 Å². The molecule has 2 nitrogen and oxygen atoms in total. The number of benzene rings is 1. The van der Waals surface area contributed by atoms with Crippen molar-refractivity contribution in [3.8, 4) is 11.3 Å². The Kier molecular flexibility index (Phi) is 2.60. The van der Waals surface area contributed by atoms with Crippen LogP contribution in [-0.2, 0) is 0 Å². The summed E-state index contributed by atoms with van der Waals surface area (Å²) in [7, 11) is 0. The largest absolute Gasteiger partial charge is 0.397 e. The highest BCUT2D eigenvalue weighted by Gasteiger charge is 2.04. The number of halogens is 1. The summed E-state index contributed by atoms with van der Waals surface area (Å²) < 4.78 is 0. The van der Waals surface area contributed by atoms with E-state index in [0.29, 0.717) is 10.7 Å². The van der Waals surface area contributed by atoms with Crippen molar-refractivity contribution in [3.05, 3.63) is 47.1 Å². The summed E-state index contributed by atoms with van der Waals surface area (Å²) in [4.78, 5) is 4.39. The number of aryl methyl sites for hydroxylation is 1. The lowest BCUT2D eigenvalue weighted by atomic mass is 10.1. The lowest BCUT2D eigenvalue weighted by Gasteiger charge is -2.05. The van der Waals surface area contributed by atoms with E-state index in [4.69, 9.17) is 17.3 Å². The first-order valence-electron chi connectivity index (χ1n) is 4.66. The van der Waals surface area contributed by atoms with E-state index in [1.807, 2.05) is 43.3 Å². The highest BCUT2D eigenvalue weighted by atomic mass is 35.5. The Morgan fingerprint density at radius 3 is 2.53 bits per heavy atom. The van der Waals surface area contributed by atoms with Gasteiger partial charge in [0.1, 0.15) is 0 Å². The van der Waals surface area contributed by atoms with Crippen molar-refractivity contribution in [1.29, 1.82) is 0 Å². The molecular weight excluding hydrogens is 208 g/mol. The van der Waals surface area contributed by atoms with Crippen LogP contribution in [0.1, 0.15) is 5.69 Å². The van der Waals surface area contributed by atoms with Gasteiger partial charge in [0, 0.05) is 10.6 Å². The predicted octanol–water partition coefficient (Wildman–Crippen LogP) is 3.29. The lowest BCUT2D eigenvalue weighted by Crippen LogP contribution is -1.94. The smallest absolute Gasteiger partial charge is 0.0721 e. The number of nitrogen functional groups attached to an aromatic ring is 1. The first kappa shape index (κ1) is 9.99. The molecule has 0 unspecified atom stereocenters. The van der Waals surface area contributed by atoms with Crippen LogP contribution in [-0.4, -0.2) is 4.98 Å². The van der Waals surface area contributed by atoms with Crippen molar-refractivity contribution in [2.45, 2.75) is 6.92 Å². The van der Waals surface area contributed by atoms with Gasteiger partial charge >= 0.3 is 0 Å². The summed E-state index contributed by atoms with van der Waals surface area (Å²) in [5.41, 5.74) is 9.02. The number of hydrogen-bond donors (Lipinski definition) is 1. The molecule has 0 saturated carbocycles. The molecule has 0 fully saturated rings. The van der Waals surface area contributed by atoms with E-state index in [9.17, 15) is 0 Å². The zero-order valence-electron chi connectivity index (χ0n) is 8.37. The third kappa shape index (κ3) is 1.95. The Hall–Kier alpha value is -1.54. The topological polar surface area (TPSA) is 38.9 Å². The molecule has 0 spiro atoms. The van der Waals surface area contributed by atoms with Gasteiger partial charge in [-0.2, -0.15) is 0 Å². The van der Waals surface area contributed by atoms with Crippen LogP contribution >= 0.6 is 11.6 Å². The van der Waals surface area contributed by atoms with Crippen LogP contribution in [0.2, 0.25) is 5.02 Å². The molecule has 1 heterocycles. The summed E-state index contributed by atoms with van der Waals surface area (Å²) in [5, 5.41) is 0.703. The SMILES string of the molecule is Cc1nc(-c2ccccc2Cl)ccc1N. The molecule has 0 aliphatic carbocycles. The molecular formula is C12H11ClN2. The Morgan fingerprint density at radius 1 is 1.13 bits per heavy atom. The fraction of sp³-hybridized carbons (Fsp3) is 0.0833. The highest BCUT2D eigenvalue weighted by molar-refractivity contribution is 6.33. The van der Waals surface area contributed by atoms with Gasteiger partial charge in [0.2, 0.25) is 0 Å². The van der Waals surface area contributed by atoms with Crippen LogP contribution < -0.4 is 5.73 Å². The number of rotatable bonds is 1. The Morgan fingerprint density at radius 2 is 1.87 bits per heavy atom. The van der Waals surface area contributed by atoms with E-state index in [1.165, 1.54) is 0 Å². The van der Waals surface area contributed by atoms with E-state index in [1.54, 1.807) is 0 Å². The third-order valence-corrected chi connectivity index (χ3v) is 2.61. The van der Waals surface area contributed by atoms with Gasteiger partial charge < -0.3 is 5.73 Å². The minimum atomic E-state index is 0.700. The van der Waals surface area contributed by atoms with Crippen molar-refractivity contribution in [2.24, 2.45) is 0 Å². The number of aromatic nitrogens is 1. The van der Waals surface area contributed by atoms with Gasteiger partial charge in [-0.15, -0.1) is 0 Å². The first-order valence-corrected chi connectivity index (χ1v) is 5.04. The maximum Gasteiger partial charge on any atom is 0.0721 e. The quantitative estimate of drug-likeness (QED) is 0.798. The van der Waals surface area contributed by atoms with Gasteiger partial charge in [-0.3, -0.25) is 4.98 Å². The molecule has 0 atom stereocenters. The molecule has 2 N–H and O–H groups in total. The zero-order valence-corrected chi connectivity index (χ0v) is 9.12. The maximum absolute atomic E-state index is 6.08. The number of nitrogens with zero attached hydrogens (tertiary/aromatic N) is 1. The average molecular weight is 219 g/mol. The summed E-state index contributed by atoms with van der Waals surface area (Å²) in [6, 6.07) is 11.4. The van der Waals surface area contributed by atoms with Crippen LogP contribution in [0.15, 0.2) is 36.4 Å². The van der Waals surface area contributed by atoms with Crippen molar-refractivity contribution < 1.29 is 0 Å². The van der Waals surface area contributed by atoms with Gasteiger partial charge in [-0.1, -0.05) is 29.8 Å². The highest BCUT2D eigenvalue weighted by Crippen LogP contribution is 2.26. The predicted molar refractivity (Wildman–Crippen MR) is 63.8 cm³/mol. The van der Waals surface area contributed by atoms with E-state index < -0.39 is 0 Å². The molecule has 1 aromatic heterocycles. The third-order valence-electron chi connectivity index (χ3n) is 2.28. The van der Waals surface area contributed by atoms with E-state index >= 15 is 0 Å². The normalized spacial score (nSPS) is 10.3. The molecule has 0 bridgehead atoms. The summed E-state index contributed by atoms with van der Waals surface area (Å²) in [5.74, 6) is 0. The fourth-order valence-corrected chi connectivity index (χ4v) is 1.62. The van der Waals surface area contributed by atoms with E-state index in [-0.39, 0.29) is 0 Å². The van der Waals surface area contributed by atoms with Crippen LogP contribution in [0.4, 0.5) is 5.69 Å². The molecule has 15 heavy (non-hydrogen) atoms. The van der Waals surface area contributed by atoms with Crippen LogP contribution in [0, 0.1) is 6.92 Å². The van der Waals surface area contributed by atoms with Gasteiger partial charge in [-0.05, 0) is 25.1 Å². The fourth-order valence-electron chi connectivity index (χ4n) is 1.39. The zero-order chi connectivity index (χ0) is 10.8. The van der Waals surface area contributed by atoms with Crippen LogP contribution in [0.3, 0.4) is 0 Å². The Labute approximate surface area is 93.7 Å². The standard InChI is InChI=1S/C12H11ClN2/c1-8-11(14)6-7-12(15-8)9-4-2-3-5-10(9)13/h2-7H,14H2,1H3. The molecule has 2 aromatic rings. The van der Waals surface area contributed by atoms with Crippen LogP contribution in [0.25, 0.3) is 11.3 Å². The van der Waals surface area contributed by atoms with Gasteiger partial charge in [0.05, 0.1) is 17.1 Å². The van der Waals surface area contributed by atoms with Crippen molar-refractivity contribution >= 4 is 17.3 Å². The summed E-state index contributed by atoms with van der Waals surface area (Å²) in [6.45, 7) is 1.88. The molecule has 1 aromatic carbocycles. The second-order valence-corrected chi connectivity index (χ2v) is 3.76. The monoisotopic (exact) mass is 218 g/mol. The number of anilines is 1. The molecule has 2 rings (SSSR count). The van der Waals surface area contributed by atoms with Gasteiger partial charge in [-0.25, -0.2) is 0 Å². The lowest BCUT2D eigenvalue weighted by molar-refractivity contribution is 1.21. The minimum Gasteiger partial charge on any atom is -0.397 e. The Balaban J connectivity index is 2.55. The molecule has 0 aliphatic rings. The Bertz CT molecular complexity index is 495. The second kappa shape index (κ2) is 3.91. The molecule has 76 valence electrons. The van der Waals surface area contributed by atoms with Crippen LogP contribution in [0.5, 0.6) is 0 Å². The van der Waals surface area contributed by atoms with Crippen molar-refractivity contribution in [1.82, 2.24) is 4.98 Å². The minimum absolute atomic E-state index is 0.700. The van der Waals surface area contributed by atoms with E-state index in [2.05, 4.69) is 4.98 Å². The molecule has 0 aliphatic heterocycles. The number of hydrogen-bond acceptors (Lipinski definition) is 2. The summed E-state index contributed by atoms with van der Waals surface area (Å²) >= 11 is 6.08. The maximum atomic E-state index is 6.08. The number of nitrogens with two attached hydrogens (primary N) is 1. The first-order chi connectivity index (χ1) is 7.18. The summed E-state index contributed by atoms with van der Waals surface area (Å²) in [6.07, 6.45) is 0. The van der Waals surface area contributed by atoms with Crippen molar-refractivity contribution in [3.63, 3.8) is 0 Å². The van der Waals surface area contributed by atoms with Crippen molar-refractivity contribution in [2.75, 3.05) is 5.73 Å². The second-order valence-electron chi connectivity index (χ2n) is 3.35. The van der Waals surface area contributed by atoms with Gasteiger partial charge in [0.15, 0.2) is 0 Å². The number of pyridine rings is 1. The molecule has 0 radical (unpaired) electrons. The average Bonchev–Trinajstić information content (AvgIpc) is 2.23. The van der Waals surface area contributed by atoms with Gasteiger partial charge in [0.25, 0.3) is 0 Å². The molecule has 0 amide bonds.